The van der Waals surface area contributed by atoms with Gasteiger partial charge in [-0.15, -0.1) is 0 Å². The predicted molar refractivity (Wildman–Crippen MR) is 66.4 cm³/mol. The molecule has 5 heteroatoms. The Morgan fingerprint density at radius 3 is 2.80 bits per heavy atom. The second kappa shape index (κ2) is 4.37. The number of hydrogen-bond acceptors (Lipinski definition) is 3. The summed E-state index contributed by atoms with van der Waals surface area (Å²) in [6.07, 6.45) is 3.24. The number of aryl methyl sites for hydroxylation is 1. The van der Waals surface area contributed by atoms with Crippen LogP contribution >= 0.6 is 31.9 Å². The zero-order valence-corrected chi connectivity index (χ0v) is 11.1. The van der Waals surface area contributed by atoms with Gasteiger partial charge in [0.15, 0.2) is 0 Å². The van der Waals surface area contributed by atoms with Crippen molar-refractivity contribution in [3.8, 4) is 0 Å². The number of hydrogen-bond donors (Lipinski definition) is 1. The topological polar surface area (TPSA) is 38.1 Å². The molecule has 0 aliphatic heterocycles. The van der Waals surface area contributed by atoms with Gasteiger partial charge in [0.25, 0.3) is 0 Å². The molecule has 0 aliphatic rings. The summed E-state index contributed by atoms with van der Waals surface area (Å²) in [5, 5.41) is 3.15. The highest BCUT2D eigenvalue weighted by Crippen LogP contribution is 2.28. The molecule has 3 nitrogen and oxygen atoms in total. The summed E-state index contributed by atoms with van der Waals surface area (Å²) in [7, 11) is 0. The average Bonchev–Trinajstić information content (AvgIpc) is 2.67. The minimum absolute atomic E-state index is 0.775. The third kappa shape index (κ3) is 2.41. The maximum Gasteiger partial charge on any atom is 0.145 e. The normalized spacial score (nSPS) is 10.3. The smallest absolute Gasteiger partial charge is 0.145 e. The van der Waals surface area contributed by atoms with Gasteiger partial charge in [0.1, 0.15) is 12.1 Å². The lowest BCUT2D eigenvalue weighted by molar-refractivity contribution is 0.568. The van der Waals surface area contributed by atoms with E-state index in [0.29, 0.717) is 0 Å². The van der Waals surface area contributed by atoms with E-state index >= 15 is 0 Å². The van der Waals surface area contributed by atoms with Crippen LogP contribution in [0.2, 0.25) is 0 Å². The predicted octanol–water partition coefficient (Wildman–Crippen LogP) is 4.25. The summed E-state index contributed by atoms with van der Waals surface area (Å²) in [5.41, 5.74) is 1.81. The van der Waals surface area contributed by atoms with Gasteiger partial charge < -0.3 is 9.73 Å². The van der Waals surface area contributed by atoms with Gasteiger partial charge in [0, 0.05) is 4.47 Å². The van der Waals surface area contributed by atoms with Gasteiger partial charge in [0.05, 0.1) is 22.1 Å². The van der Waals surface area contributed by atoms with E-state index in [9.17, 15) is 0 Å². The van der Waals surface area contributed by atoms with E-state index in [4.69, 9.17) is 4.42 Å². The third-order valence-electron chi connectivity index (χ3n) is 1.89. The molecule has 0 fully saturated rings. The van der Waals surface area contributed by atoms with Crippen molar-refractivity contribution in [2.45, 2.75) is 6.92 Å². The molecule has 1 N–H and O–H groups in total. The van der Waals surface area contributed by atoms with Crippen molar-refractivity contribution in [3.05, 3.63) is 39.3 Å². The zero-order chi connectivity index (χ0) is 10.8. The van der Waals surface area contributed by atoms with Crippen molar-refractivity contribution in [2.24, 2.45) is 0 Å². The van der Waals surface area contributed by atoms with Gasteiger partial charge in [-0.25, -0.2) is 4.98 Å². The minimum atomic E-state index is 0.775. The minimum Gasteiger partial charge on any atom is -0.470 e. The van der Waals surface area contributed by atoms with Gasteiger partial charge in [-0.1, -0.05) is 0 Å². The van der Waals surface area contributed by atoms with Crippen LogP contribution in [0.4, 0.5) is 11.5 Å². The molecule has 0 aliphatic carbocycles. The number of nitrogens with zero attached hydrogens (tertiary/aromatic N) is 1. The average molecular weight is 332 g/mol. The van der Waals surface area contributed by atoms with Crippen LogP contribution in [0.25, 0.3) is 0 Å². The molecule has 0 saturated carbocycles. The van der Waals surface area contributed by atoms with Crippen molar-refractivity contribution in [2.75, 3.05) is 5.32 Å². The summed E-state index contributed by atoms with van der Waals surface area (Å²) in [6.45, 7) is 1.94. The Morgan fingerprint density at radius 2 is 2.13 bits per heavy atom. The molecule has 0 radical (unpaired) electrons. The van der Waals surface area contributed by atoms with Crippen molar-refractivity contribution in [1.82, 2.24) is 4.98 Å². The highest BCUT2D eigenvalue weighted by molar-refractivity contribution is 9.11. The molecule has 0 saturated heterocycles. The van der Waals surface area contributed by atoms with Gasteiger partial charge in [0.2, 0.25) is 0 Å². The van der Waals surface area contributed by atoms with Crippen LogP contribution in [0.1, 0.15) is 5.69 Å². The van der Waals surface area contributed by atoms with E-state index in [1.54, 1.807) is 12.5 Å². The lowest BCUT2D eigenvalue weighted by Gasteiger charge is -2.07. The second-order valence-electron chi connectivity index (χ2n) is 3.02. The Bertz CT molecular complexity index is 469. The fourth-order valence-electron chi connectivity index (χ4n) is 1.12. The summed E-state index contributed by atoms with van der Waals surface area (Å²) in [5.74, 6) is 0.775. The largest absolute Gasteiger partial charge is 0.470 e. The summed E-state index contributed by atoms with van der Waals surface area (Å²) in [4.78, 5) is 4.40. The fraction of sp³-hybridized carbons (Fsp3) is 0.100. The Labute approximate surface area is 104 Å². The highest BCUT2D eigenvalue weighted by atomic mass is 79.9. The molecule has 0 bridgehead atoms. The lowest BCUT2D eigenvalue weighted by atomic mass is 10.3. The van der Waals surface area contributed by atoms with E-state index in [-0.39, 0.29) is 0 Å². The molecule has 0 atom stereocenters. The molecule has 78 valence electrons. The number of rotatable bonds is 2. The molecular formula is C10H8Br2N2O. The first-order valence-electron chi connectivity index (χ1n) is 4.28. The number of anilines is 2. The Morgan fingerprint density at radius 1 is 1.33 bits per heavy atom. The first-order chi connectivity index (χ1) is 7.16. The van der Waals surface area contributed by atoms with Crippen LogP contribution in [-0.2, 0) is 0 Å². The van der Waals surface area contributed by atoms with Crippen LogP contribution in [0.5, 0.6) is 0 Å². The first kappa shape index (κ1) is 10.7. The van der Waals surface area contributed by atoms with E-state index in [0.717, 1.165) is 26.1 Å². The second-order valence-corrected chi connectivity index (χ2v) is 4.73. The monoisotopic (exact) mass is 330 g/mol. The molecule has 0 aromatic carbocycles. The van der Waals surface area contributed by atoms with Crippen molar-refractivity contribution >= 4 is 43.4 Å². The summed E-state index contributed by atoms with van der Waals surface area (Å²) in [6, 6.07) is 3.80. The maximum absolute atomic E-state index is 4.97. The van der Waals surface area contributed by atoms with Crippen LogP contribution in [0, 0.1) is 6.92 Å². The molecule has 0 unspecified atom stereocenters. The lowest BCUT2D eigenvalue weighted by Crippen LogP contribution is -1.95. The summed E-state index contributed by atoms with van der Waals surface area (Å²) < 4.78 is 6.85. The molecule has 2 aromatic heterocycles. The molecule has 15 heavy (non-hydrogen) atoms. The number of furan rings is 1. The first-order valence-corrected chi connectivity index (χ1v) is 5.87. The van der Waals surface area contributed by atoms with E-state index in [2.05, 4.69) is 42.2 Å². The molecular weight excluding hydrogens is 324 g/mol. The van der Waals surface area contributed by atoms with E-state index < -0.39 is 0 Å². The van der Waals surface area contributed by atoms with Gasteiger partial charge in [-0.3, -0.25) is 0 Å². The Balaban J connectivity index is 2.33. The van der Waals surface area contributed by atoms with Gasteiger partial charge >= 0.3 is 0 Å². The maximum atomic E-state index is 4.97. The van der Waals surface area contributed by atoms with Gasteiger partial charge in [-0.05, 0) is 50.9 Å². The van der Waals surface area contributed by atoms with Crippen molar-refractivity contribution < 1.29 is 4.42 Å². The standard InChI is InChI=1S/C10H8Br2N2O/c1-6-8(11)4-9(12)10(13-6)14-7-2-3-15-5-7/h2-5H,1H3,(H,13,14). The van der Waals surface area contributed by atoms with Crippen LogP contribution in [0.15, 0.2) is 38.0 Å². The van der Waals surface area contributed by atoms with Crippen molar-refractivity contribution in [3.63, 3.8) is 0 Å². The molecule has 2 aromatic rings. The molecule has 0 spiro atoms. The molecule has 2 rings (SSSR count). The Hall–Kier alpha value is -0.810. The Kier molecular flexibility index (Phi) is 3.11. The summed E-state index contributed by atoms with van der Waals surface area (Å²) >= 11 is 6.86. The fourth-order valence-corrected chi connectivity index (χ4v) is 2.16. The number of pyridine rings is 1. The number of halogens is 2. The zero-order valence-electron chi connectivity index (χ0n) is 7.92. The van der Waals surface area contributed by atoms with Crippen molar-refractivity contribution in [1.29, 1.82) is 0 Å². The molecule has 0 amide bonds. The van der Waals surface area contributed by atoms with Gasteiger partial charge in [-0.2, -0.15) is 0 Å². The van der Waals surface area contributed by atoms with Crippen LogP contribution in [-0.4, -0.2) is 4.98 Å². The third-order valence-corrected chi connectivity index (χ3v) is 3.30. The molecule has 2 heterocycles. The highest BCUT2D eigenvalue weighted by Gasteiger charge is 2.06. The van der Waals surface area contributed by atoms with E-state index in [1.165, 1.54) is 0 Å². The van der Waals surface area contributed by atoms with Crippen LogP contribution in [0.3, 0.4) is 0 Å². The number of nitrogens with one attached hydrogen (secondary N) is 1. The number of aromatic nitrogens is 1. The van der Waals surface area contributed by atoms with Crippen LogP contribution < -0.4 is 5.32 Å². The SMILES string of the molecule is Cc1nc(Nc2ccoc2)c(Br)cc1Br. The quantitative estimate of drug-likeness (QED) is 0.893. The van der Waals surface area contributed by atoms with E-state index in [1.807, 2.05) is 19.1 Å².